The molecule has 1 saturated heterocycles. The standard InChI is InChI=1S/C30H41F2NO3/c1-2-36-29(34)10-8-6-4-3-5-7-9-21-33-22-19-26(20-23-33)30(35,24-11-15-27(31)16-12-24)25-13-17-28(32)18-14-25/h11-18,26,35H,2-10,19-23H2,1H3. The fraction of sp³-hybridized carbons (Fsp3) is 0.567. The van der Waals surface area contributed by atoms with E-state index in [0.717, 1.165) is 58.2 Å². The Kier molecular flexibility index (Phi) is 11.3. The molecule has 0 aliphatic carbocycles. The minimum Gasteiger partial charge on any atom is -0.466 e. The van der Waals surface area contributed by atoms with Gasteiger partial charge in [-0.3, -0.25) is 4.79 Å². The number of rotatable bonds is 14. The summed E-state index contributed by atoms with van der Waals surface area (Å²) in [5.41, 5.74) is 0.0215. The topological polar surface area (TPSA) is 49.8 Å². The molecule has 0 spiro atoms. The van der Waals surface area contributed by atoms with Gasteiger partial charge in [0.25, 0.3) is 0 Å². The Hall–Kier alpha value is -2.31. The number of piperidine rings is 1. The lowest BCUT2D eigenvalue weighted by atomic mass is 9.72. The van der Waals surface area contributed by atoms with E-state index >= 15 is 0 Å². The smallest absolute Gasteiger partial charge is 0.305 e. The minimum atomic E-state index is -1.28. The Morgan fingerprint density at radius 3 is 1.83 bits per heavy atom. The lowest BCUT2D eigenvalue weighted by Crippen LogP contribution is -2.44. The van der Waals surface area contributed by atoms with Gasteiger partial charge in [-0.2, -0.15) is 0 Å². The van der Waals surface area contributed by atoms with Crippen LogP contribution in [0.25, 0.3) is 0 Å². The van der Waals surface area contributed by atoms with Crippen molar-refractivity contribution in [2.24, 2.45) is 5.92 Å². The molecule has 2 aromatic rings. The Bertz CT molecular complexity index is 863. The van der Waals surface area contributed by atoms with Gasteiger partial charge in [-0.05, 0) is 93.6 Å². The molecule has 1 N–H and O–H groups in total. The molecule has 198 valence electrons. The van der Waals surface area contributed by atoms with E-state index in [-0.39, 0.29) is 23.5 Å². The summed E-state index contributed by atoms with van der Waals surface area (Å²) in [6.07, 6.45) is 10.1. The number of aliphatic hydroxyl groups is 1. The second-order valence-electron chi connectivity index (χ2n) is 9.93. The second kappa shape index (κ2) is 14.4. The largest absolute Gasteiger partial charge is 0.466 e. The maximum atomic E-state index is 13.6. The first-order valence-electron chi connectivity index (χ1n) is 13.6. The Morgan fingerprint density at radius 2 is 1.33 bits per heavy atom. The van der Waals surface area contributed by atoms with Gasteiger partial charge in [-0.1, -0.05) is 56.4 Å². The molecule has 0 saturated carbocycles. The number of unbranched alkanes of at least 4 members (excludes halogenated alkanes) is 6. The van der Waals surface area contributed by atoms with Gasteiger partial charge in [0, 0.05) is 6.42 Å². The molecule has 1 aliphatic heterocycles. The highest BCUT2D eigenvalue weighted by atomic mass is 19.1. The molecule has 1 heterocycles. The third-order valence-electron chi connectivity index (χ3n) is 7.41. The van der Waals surface area contributed by atoms with Crippen molar-refractivity contribution < 1.29 is 23.4 Å². The molecule has 1 fully saturated rings. The fourth-order valence-electron chi connectivity index (χ4n) is 5.34. The molecule has 2 aromatic carbocycles. The van der Waals surface area contributed by atoms with Crippen molar-refractivity contribution in [3.8, 4) is 0 Å². The summed E-state index contributed by atoms with van der Waals surface area (Å²) >= 11 is 0. The van der Waals surface area contributed by atoms with Gasteiger partial charge in [-0.15, -0.1) is 0 Å². The number of hydrogen-bond donors (Lipinski definition) is 1. The third-order valence-corrected chi connectivity index (χ3v) is 7.41. The summed E-state index contributed by atoms with van der Waals surface area (Å²) in [5.74, 6) is -0.798. The lowest BCUT2D eigenvalue weighted by molar-refractivity contribution is -0.143. The van der Waals surface area contributed by atoms with Crippen LogP contribution < -0.4 is 0 Å². The van der Waals surface area contributed by atoms with Crippen LogP contribution >= 0.6 is 0 Å². The molecule has 4 nitrogen and oxygen atoms in total. The van der Waals surface area contributed by atoms with Gasteiger partial charge in [0.15, 0.2) is 0 Å². The number of nitrogens with zero attached hydrogens (tertiary/aromatic N) is 1. The summed E-state index contributed by atoms with van der Waals surface area (Å²) < 4.78 is 32.1. The van der Waals surface area contributed by atoms with Crippen LogP contribution in [0.3, 0.4) is 0 Å². The number of esters is 1. The molecule has 0 amide bonds. The van der Waals surface area contributed by atoms with E-state index in [0.29, 0.717) is 24.2 Å². The van der Waals surface area contributed by atoms with Crippen molar-refractivity contribution in [2.75, 3.05) is 26.2 Å². The Labute approximate surface area is 214 Å². The first kappa shape index (κ1) is 28.3. The lowest BCUT2D eigenvalue weighted by Gasteiger charge is -2.42. The molecule has 1 aliphatic rings. The van der Waals surface area contributed by atoms with Crippen LogP contribution in [0.2, 0.25) is 0 Å². The minimum absolute atomic E-state index is 0.0284. The van der Waals surface area contributed by atoms with Gasteiger partial charge >= 0.3 is 5.97 Å². The Balaban J connectivity index is 1.41. The van der Waals surface area contributed by atoms with E-state index in [1.54, 1.807) is 24.3 Å². The van der Waals surface area contributed by atoms with Crippen LogP contribution in [0, 0.1) is 17.6 Å². The van der Waals surface area contributed by atoms with Crippen LogP contribution in [0.1, 0.15) is 82.3 Å². The number of halogens is 2. The summed E-state index contributed by atoms with van der Waals surface area (Å²) in [6.45, 7) is 5.16. The van der Waals surface area contributed by atoms with E-state index in [1.165, 1.54) is 43.5 Å². The zero-order valence-corrected chi connectivity index (χ0v) is 21.6. The molecule has 3 rings (SSSR count). The number of hydrogen-bond acceptors (Lipinski definition) is 4. The highest BCUT2D eigenvalue weighted by Gasteiger charge is 2.41. The molecule has 0 unspecified atom stereocenters. The average molecular weight is 502 g/mol. The van der Waals surface area contributed by atoms with E-state index in [4.69, 9.17) is 4.74 Å². The number of likely N-dealkylation sites (tertiary alicyclic amines) is 1. The second-order valence-corrected chi connectivity index (χ2v) is 9.93. The van der Waals surface area contributed by atoms with Crippen LogP contribution in [-0.4, -0.2) is 42.2 Å². The normalized spacial score (nSPS) is 15.2. The van der Waals surface area contributed by atoms with Crippen molar-refractivity contribution in [3.63, 3.8) is 0 Å². The Morgan fingerprint density at radius 1 is 0.861 bits per heavy atom. The molecular weight excluding hydrogens is 460 g/mol. The SMILES string of the molecule is CCOC(=O)CCCCCCCCCN1CCC(C(O)(c2ccc(F)cc2)c2ccc(F)cc2)CC1. The quantitative estimate of drug-likeness (QED) is 0.234. The summed E-state index contributed by atoms with van der Waals surface area (Å²) in [6, 6.07) is 12.1. The monoisotopic (exact) mass is 501 g/mol. The first-order chi connectivity index (χ1) is 17.4. The summed E-state index contributed by atoms with van der Waals surface area (Å²) in [5, 5.41) is 11.9. The van der Waals surface area contributed by atoms with Crippen LogP contribution in [-0.2, 0) is 15.1 Å². The predicted molar refractivity (Wildman–Crippen MR) is 139 cm³/mol. The van der Waals surface area contributed by atoms with Gasteiger partial charge in [-0.25, -0.2) is 8.78 Å². The van der Waals surface area contributed by atoms with E-state index in [1.807, 2.05) is 6.92 Å². The van der Waals surface area contributed by atoms with Crippen molar-refractivity contribution in [1.82, 2.24) is 4.90 Å². The first-order valence-corrected chi connectivity index (χ1v) is 13.6. The van der Waals surface area contributed by atoms with Crippen molar-refractivity contribution >= 4 is 5.97 Å². The zero-order chi connectivity index (χ0) is 25.8. The third kappa shape index (κ3) is 8.10. The van der Waals surface area contributed by atoms with Crippen LogP contribution in [0.5, 0.6) is 0 Å². The maximum absolute atomic E-state index is 13.6. The van der Waals surface area contributed by atoms with Crippen molar-refractivity contribution in [1.29, 1.82) is 0 Å². The number of carbonyl (C=O) groups excluding carboxylic acids is 1. The van der Waals surface area contributed by atoms with Gasteiger partial charge in [0.2, 0.25) is 0 Å². The molecule has 6 heteroatoms. The molecule has 0 aromatic heterocycles. The highest BCUT2D eigenvalue weighted by molar-refractivity contribution is 5.69. The molecule has 0 radical (unpaired) electrons. The van der Waals surface area contributed by atoms with Gasteiger partial charge in [0.1, 0.15) is 17.2 Å². The van der Waals surface area contributed by atoms with Gasteiger partial charge < -0.3 is 14.7 Å². The summed E-state index contributed by atoms with van der Waals surface area (Å²) in [4.78, 5) is 13.8. The average Bonchev–Trinajstić information content (AvgIpc) is 2.88. The number of benzene rings is 2. The molecule has 0 bridgehead atoms. The molecular formula is C30H41F2NO3. The molecule has 0 atom stereocenters. The van der Waals surface area contributed by atoms with Crippen molar-refractivity contribution in [3.05, 3.63) is 71.3 Å². The summed E-state index contributed by atoms with van der Waals surface area (Å²) in [7, 11) is 0. The maximum Gasteiger partial charge on any atom is 0.305 e. The van der Waals surface area contributed by atoms with Crippen molar-refractivity contribution in [2.45, 2.75) is 76.7 Å². The highest BCUT2D eigenvalue weighted by Crippen LogP contribution is 2.42. The van der Waals surface area contributed by atoms with Crippen LogP contribution in [0.15, 0.2) is 48.5 Å². The van der Waals surface area contributed by atoms with E-state index in [9.17, 15) is 18.7 Å². The van der Waals surface area contributed by atoms with E-state index in [2.05, 4.69) is 4.90 Å². The number of carbonyl (C=O) groups is 1. The van der Waals surface area contributed by atoms with E-state index < -0.39 is 5.60 Å². The fourth-order valence-corrected chi connectivity index (χ4v) is 5.34. The molecule has 36 heavy (non-hydrogen) atoms. The predicted octanol–water partition coefficient (Wildman–Crippen LogP) is 6.60. The van der Waals surface area contributed by atoms with Gasteiger partial charge in [0.05, 0.1) is 6.61 Å². The number of ether oxygens (including phenoxy) is 1. The van der Waals surface area contributed by atoms with Crippen LogP contribution in [0.4, 0.5) is 8.78 Å². The zero-order valence-electron chi connectivity index (χ0n) is 21.6.